The van der Waals surface area contributed by atoms with Crippen LogP contribution in [0, 0.1) is 6.92 Å². The fourth-order valence-corrected chi connectivity index (χ4v) is 4.33. The first kappa shape index (κ1) is 14.6. The molecule has 2 aromatic carbocycles. The molecule has 3 heterocycles. The van der Waals surface area contributed by atoms with Crippen LogP contribution < -0.4 is 4.57 Å². The molecule has 0 aliphatic heterocycles. The van der Waals surface area contributed by atoms with Crippen molar-refractivity contribution in [3.8, 4) is 22.4 Å². The second kappa shape index (κ2) is 8.15. The maximum Gasteiger partial charge on any atom is 0.227 e. The maximum atomic E-state index is 8.52. The van der Waals surface area contributed by atoms with Crippen molar-refractivity contribution >= 4 is 22.1 Å². The third kappa shape index (κ3) is 3.72. The second-order valence-corrected chi connectivity index (χ2v) is 8.85. The van der Waals surface area contributed by atoms with Crippen LogP contribution >= 0.6 is 0 Å². The van der Waals surface area contributed by atoms with E-state index in [1.165, 1.54) is 11.6 Å². The Morgan fingerprint density at radius 3 is 2.42 bits per heavy atom. The number of benzene rings is 2. The first-order valence-corrected chi connectivity index (χ1v) is 11.1. The van der Waals surface area contributed by atoms with Crippen molar-refractivity contribution in [1.29, 1.82) is 0 Å². The van der Waals surface area contributed by atoms with Gasteiger partial charge in [-0.3, -0.25) is 0 Å². The van der Waals surface area contributed by atoms with E-state index < -0.39 is 19.6 Å². The van der Waals surface area contributed by atoms with Crippen LogP contribution in [0.4, 0.5) is 0 Å². The van der Waals surface area contributed by atoms with Gasteiger partial charge in [-0.2, -0.15) is 0 Å². The van der Waals surface area contributed by atoms with E-state index in [9.17, 15) is 0 Å². The van der Waals surface area contributed by atoms with Gasteiger partial charge >= 0.3 is 0 Å². The molecule has 0 bridgehead atoms. The van der Waals surface area contributed by atoms with Crippen LogP contribution in [0.1, 0.15) is 65.8 Å². The van der Waals surface area contributed by atoms with Gasteiger partial charge in [0, 0.05) is 38.2 Å². The van der Waals surface area contributed by atoms with E-state index >= 15 is 0 Å². The number of aromatic nitrogens is 2. The summed E-state index contributed by atoms with van der Waals surface area (Å²) < 4.78 is 63.8. The molecule has 0 radical (unpaired) electrons. The van der Waals surface area contributed by atoms with Crippen molar-refractivity contribution in [3.63, 3.8) is 0 Å². The average molecular weight is 443 g/mol. The van der Waals surface area contributed by atoms with Crippen LogP contribution in [-0.2, 0) is 7.05 Å². The minimum Gasteiger partial charge on any atom is -0.437 e. The van der Waals surface area contributed by atoms with E-state index in [0.717, 1.165) is 33.3 Å². The molecular weight excluding hydrogens is 404 g/mol. The molecule has 5 rings (SSSR count). The number of rotatable bonds is 4. The lowest BCUT2D eigenvalue weighted by Crippen LogP contribution is -2.30. The number of hydrogen-bond acceptors (Lipinski definition) is 2. The van der Waals surface area contributed by atoms with E-state index in [-0.39, 0.29) is 11.4 Å². The van der Waals surface area contributed by atoms with Gasteiger partial charge in [-0.05, 0) is 53.1 Å². The fraction of sp³-hybridized carbons (Fsp3) is 0.267. The zero-order chi connectivity index (χ0) is 29.2. The number of fused-ring (bicyclic) bond motifs is 3. The molecule has 0 fully saturated rings. The summed E-state index contributed by atoms with van der Waals surface area (Å²) in [5.74, 6) is -2.46. The van der Waals surface area contributed by atoms with Gasteiger partial charge in [0.2, 0.25) is 11.4 Å². The molecule has 0 unspecified atom stereocenters. The molecule has 0 atom stereocenters. The maximum absolute atomic E-state index is 8.52. The largest absolute Gasteiger partial charge is 0.437 e. The molecule has 3 aromatic heterocycles. The average Bonchev–Trinajstić information content (AvgIpc) is 3.25. The first-order valence-electron chi connectivity index (χ1n) is 14.6. The van der Waals surface area contributed by atoms with Crippen molar-refractivity contribution in [2.75, 3.05) is 0 Å². The molecule has 0 aliphatic rings. The van der Waals surface area contributed by atoms with E-state index in [2.05, 4.69) is 55.2 Å². The van der Waals surface area contributed by atoms with Gasteiger partial charge in [-0.15, -0.1) is 0 Å². The SMILES string of the molecule is [2H]C([2H])([2H])C([2H])(c1ccc2c(n1)oc1c(-c3cc(-c4ccc(C(C)C)cc4)cc[n+]3C)c(C)ccc12)C([2H])([2H])[2H]. The van der Waals surface area contributed by atoms with E-state index in [1.807, 2.05) is 36.9 Å². The zero-order valence-electron chi connectivity index (χ0n) is 26.2. The molecule has 0 saturated carbocycles. The Hall–Kier alpha value is -3.46. The molecule has 5 aromatic rings. The second-order valence-electron chi connectivity index (χ2n) is 8.85. The Balaban J connectivity index is 1.70. The van der Waals surface area contributed by atoms with Gasteiger partial charge in [0.15, 0.2) is 11.8 Å². The molecule has 33 heavy (non-hydrogen) atoms. The quantitative estimate of drug-likeness (QED) is 0.267. The van der Waals surface area contributed by atoms with Gasteiger partial charge in [-0.25, -0.2) is 9.55 Å². The van der Waals surface area contributed by atoms with Gasteiger partial charge in [0.1, 0.15) is 7.05 Å². The van der Waals surface area contributed by atoms with Crippen molar-refractivity contribution in [3.05, 3.63) is 83.7 Å². The van der Waals surface area contributed by atoms with E-state index in [4.69, 9.17) is 14.0 Å². The van der Waals surface area contributed by atoms with Gasteiger partial charge in [0.25, 0.3) is 0 Å². The zero-order valence-corrected chi connectivity index (χ0v) is 19.2. The van der Waals surface area contributed by atoms with Gasteiger partial charge in [-0.1, -0.05) is 63.9 Å². The highest BCUT2D eigenvalue weighted by molar-refractivity contribution is 6.08. The van der Waals surface area contributed by atoms with Crippen LogP contribution in [0.3, 0.4) is 0 Å². The van der Waals surface area contributed by atoms with Crippen molar-refractivity contribution in [2.24, 2.45) is 7.05 Å². The standard InChI is InChI=1S/C30H31N2O/c1-18(2)21-8-10-22(11-9-21)23-15-16-32(6)27(17-23)28-20(5)7-12-24-25-13-14-26(19(3)4)31-30(25)33-29(24)28/h7-19H,1-6H3/q+1/i3D3,4D3,19D. The molecular formula is C30H31N2O+. The van der Waals surface area contributed by atoms with Crippen LogP contribution in [0.2, 0.25) is 0 Å². The summed E-state index contributed by atoms with van der Waals surface area (Å²) >= 11 is 0. The van der Waals surface area contributed by atoms with Crippen LogP contribution in [0.25, 0.3) is 44.5 Å². The van der Waals surface area contributed by atoms with Crippen molar-refractivity contribution in [2.45, 2.75) is 46.3 Å². The predicted molar refractivity (Wildman–Crippen MR) is 136 cm³/mol. The molecule has 166 valence electrons. The molecule has 0 amide bonds. The highest BCUT2D eigenvalue weighted by atomic mass is 16.3. The monoisotopic (exact) mass is 442 g/mol. The van der Waals surface area contributed by atoms with Crippen molar-refractivity contribution < 1.29 is 18.6 Å². The normalized spacial score (nSPS) is 16.1. The summed E-state index contributed by atoms with van der Waals surface area (Å²) in [6.07, 6.45) is 2.00. The smallest absolute Gasteiger partial charge is 0.227 e. The Morgan fingerprint density at radius 2 is 1.70 bits per heavy atom. The number of nitrogens with zero attached hydrogens (tertiary/aromatic N) is 2. The van der Waals surface area contributed by atoms with E-state index in [1.54, 1.807) is 6.07 Å². The molecule has 0 N–H and O–H groups in total. The van der Waals surface area contributed by atoms with Crippen LogP contribution in [0.5, 0.6) is 0 Å². The molecule has 3 heteroatoms. The summed E-state index contributed by atoms with van der Waals surface area (Å²) in [5.41, 5.74) is 6.40. The Morgan fingerprint density at radius 1 is 0.939 bits per heavy atom. The summed E-state index contributed by atoms with van der Waals surface area (Å²) in [4.78, 5) is 4.31. The molecule has 0 aliphatic carbocycles. The molecule has 0 spiro atoms. The molecule has 3 nitrogen and oxygen atoms in total. The van der Waals surface area contributed by atoms with E-state index in [0.29, 0.717) is 16.9 Å². The predicted octanol–water partition coefficient (Wildman–Crippen LogP) is 7.69. The lowest BCUT2D eigenvalue weighted by atomic mass is 9.96. The third-order valence-corrected chi connectivity index (χ3v) is 6.29. The summed E-state index contributed by atoms with van der Waals surface area (Å²) in [6, 6.07) is 19.5. The summed E-state index contributed by atoms with van der Waals surface area (Å²) in [7, 11) is 1.96. The highest BCUT2D eigenvalue weighted by Crippen LogP contribution is 2.37. The Kier molecular flexibility index (Phi) is 3.62. The molecule has 0 saturated heterocycles. The van der Waals surface area contributed by atoms with Crippen LogP contribution in [0.15, 0.2) is 71.3 Å². The van der Waals surface area contributed by atoms with Gasteiger partial charge in [0.05, 0.1) is 5.56 Å². The topological polar surface area (TPSA) is 29.9 Å². The highest BCUT2D eigenvalue weighted by Gasteiger charge is 2.22. The number of pyridine rings is 2. The number of aryl methyl sites for hydroxylation is 2. The Labute approximate surface area is 205 Å². The third-order valence-electron chi connectivity index (χ3n) is 6.29. The van der Waals surface area contributed by atoms with Crippen LogP contribution in [-0.4, -0.2) is 4.98 Å². The number of furan rings is 1. The number of hydrogen-bond donors (Lipinski definition) is 0. The first-order chi connectivity index (χ1) is 18.6. The lowest BCUT2D eigenvalue weighted by molar-refractivity contribution is -0.660. The Bertz CT molecular complexity index is 1720. The summed E-state index contributed by atoms with van der Waals surface area (Å²) in [5, 5.41) is 1.38. The van der Waals surface area contributed by atoms with Crippen molar-refractivity contribution in [1.82, 2.24) is 4.98 Å². The lowest BCUT2D eigenvalue weighted by Gasteiger charge is -2.09. The summed E-state index contributed by atoms with van der Waals surface area (Å²) in [6.45, 7) is 0.0620. The minimum atomic E-state index is -3.13. The minimum absolute atomic E-state index is 0.0903. The fourth-order valence-electron chi connectivity index (χ4n) is 4.33. The van der Waals surface area contributed by atoms with Gasteiger partial charge < -0.3 is 4.42 Å².